The number of nitrogens with zero attached hydrogens (tertiary/aromatic N) is 3. The largest absolute Gasteiger partial charge is 0.260 e. The van der Waals surface area contributed by atoms with E-state index in [4.69, 9.17) is 0 Å². The van der Waals surface area contributed by atoms with Crippen molar-refractivity contribution < 1.29 is 0 Å². The van der Waals surface area contributed by atoms with Crippen molar-refractivity contribution >= 4 is 11.3 Å². The quantitative estimate of drug-likeness (QED) is 0.834. The standard InChI is InChI=1S/C18H17N3/c1-13-6-8-15(9-7-13)18-5-3-4-16(10-21-18)17-11-19-14(2)20-12-17/h3-4,6-12H,5H2,1-2H3. The van der Waals surface area contributed by atoms with E-state index in [0.29, 0.717) is 0 Å². The highest BCUT2D eigenvalue weighted by molar-refractivity contribution is 6.03. The van der Waals surface area contributed by atoms with E-state index in [9.17, 15) is 0 Å². The van der Waals surface area contributed by atoms with Crippen molar-refractivity contribution in [2.24, 2.45) is 4.99 Å². The molecule has 0 bridgehead atoms. The second kappa shape index (κ2) is 5.83. The van der Waals surface area contributed by atoms with Gasteiger partial charge >= 0.3 is 0 Å². The van der Waals surface area contributed by atoms with Gasteiger partial charge < -0.3 is 0 Å². The van der Waals surface area contributed by atoms with Crippen molar-refractivity contribution in [2.45, 2.75) is 20.3 Å². The smallest absolute Gasteiger partial charge is 0.125 e. The molecule has 0 N–H and O–H groups in total. The third-order valence-electron chi connectivity index (χ3n) is 3.47. The van der Waals surface area contributed by atoms with Gasteiger partial charge in [-0.25, -0.2) is 9.97 Å². The topological polar surface area (TPSA) is 38.1 Å². The first-order valence-electron chi connectivity index (χ1n) is 7.02. The molecule has 1 aromatic heterocycles. The van der Waals surface area contributed by atoms with Crippen molar-refractivity contribution in [1.29, 1.82) is 0 Å². The highest BCUT2D eigenvalue weighted by atomic mass is 14.8. The number of aliphatic imine (C=N–C) groups is 1. The summed E-state index contributed by atoms with van der Waals surface area (Å²) in [6, 6.07) is 8.47. The zero-order valence-corrected chi connectivity index (χ0v) is 12.2. The molecule has 1 aliphatic rings. The number of allylic oxidation sites excluding steroid dienone is 3. The predicted octanol–water partition coefficient (Wildman–Crippen LogP) is 3.88. The lowest BCUT2D eigenvalue weighted by Crippen LogP contribution is -1.98. The van der Waals surface area contributed by atoms with Crippen LogP contribution in [0.1, 0.15) is 28.9 Å². The van der Waals surface area contributed by atoms with Crippen molar-refractivity contribution in [3.63, 3.8) is 0 Å². The molecule has 104 valence electrons. The molecule has 0 saturated carbocycles. The fraction of sp³-hybridized carbons (Fsp3) is 0.167. The molecule has 0 radical (unpaired) electrons. The summed E-state index contributed by atoms with van der Waals surface area (Å²) in [6.45, 7) is 3.97. The van der Waals surface area contributed by atoms with Crippen LogP contribution in [-0.2, 0) is 0 Å². The van der Waals surface area contributed by atoms with Gasteiger partial charge in [0.1, 0.15) is 5.82 Å². The molecule has 1 aliphatic heterocycles. The number of aryl methyl sites for hydroxylation is 2. The zero-order valence-electron chi connectivity index (χ0n) is 12.2. The third kappa shape index (κ3) is 3.14. The zero-order chi connectivity index (χ0) is 14.7. The normalized spacial score (nSPS) is 14.4. The molecule has 0 spiro atoms. The molecule has 2 aromatic rings. The number of rotatable bonds is 2. The molecule has 0 atom stereocenters. The number of hydrogen-bond donors (Lipinski definition) is 0. The minimum absolute atomic E-state index is 0.779. The molecule has 1 aromatic carbocycles. The van der Waals surface area contributed by atoms with E-state index in [0.717, 1.165) is 29.1 Å². The van der Waals surface area contributed by atoms with Crippen molar-refractivity contribution in [2.75, 3.05) is 0 Å². The molecule has 0 unspecified atom stereocenters. The highest BCUT2D eigenvalue weighted by Gasteiger charge is 2.06. The second-order valence-electron chi connectivity index (χ2n) is 5.15. The van der Waals surface area contributed by atoms with Crippen LogP contribution in [0.2, 0.25) is 0 Å². The fourth-order valence-electron chi connectivity index (χ4n) is 2.19. The van der Waals surface area contributed by atoms with Crippen LogP contribution in [0.15, 0.2) is 60.0 Å². The molecular weight excluding hydrogens is 258 g/mol. The molecule has 0 saturated heterocycles. The lowest BCUT2D eigenvalue weighted by molar-refractivity contribution is 1.04. The monoisotopic (exact) mass is 275 g/mol. The van der Waals surface area contributed by atoms with Gasteiger partial charge in [0.15, 0.2) is 0 Å². The molecule has 0 aliphatic carbocycles. The van der Waals surface area contributed by atoms with Gasteiger partial charge in [-0.1, -0.05) is 42.0 Å². The highest BCUT2D eigenvalue weighted by Crippen LogP contribution is 2.19. The van der Waals surface area contributed by atoms with Gasteiger partial charge in [-0.15, -0.1) is 0 Å². The predicted molar refractivity (Wildman–Crippen MR) is 86.2 cm³/mol. The van der Waals surface area contributed by atoms with Crippen LogP contribution < -0.4 is 0 Å². The molecule has 21 heavy (non-hydrogen) atoms. The summed E-state index contributed by atoms with van der Waals surface area (Å²) in [4.78, 5) is 13.1. The number of aromatic nitrogens is 2. The van der Waals surface area contributed by atoms with Gasteiger partial charge in [-0.3, -0.25) is 4.99 Å². The first kappa shape index (κ1) is 13.4. The van der Waals surface area contributed by atoms with Crippen LogP contribution in [0.3, 0.4) is 0 Å². The number of benzene rings is 1. The molecule has 3 heteroatoms. The summed E-state index contributed by atoms with van der Waals surface area (Å²) < 4.78 is 0. The van der Waals surface area contributed by atoms with Gasteiger partial charge in [0, 0.05) is 36.2 Å². The Morgan fingerprint density at radius 1 is 0.905 bits per heavy atom. The van der Waals surface area contributed by atoms with Crippen LogP contribution in [-0.4, -0.2) is 15.7 Å². The summed E-state index contributed by atoms with van der Waals surface area (Å²) in [5.74, 6) is 0.779. The third-order valence-corrected chi connectivity index (χ3v) is 3.47. The Balaban J connectivity index is 1.92. The first-order valence-corrected chi connectivity index (χ1v) is 7.02. The van der Waals surface area contributed by atoms with Gasteiger partial charge in [0.25, 0.3) is 0 Å². The van der Waals surface area contributed by atoms with E-state index >= 15 is 0 Å². The molecule has 2 heterocycles. The van der Waals surface area contributed by atoms with E-state index in [-0.39, 0.29) is 0 Å². The number of hydrogen-bond acceptors (Lipinski definition) is 3. The van der Waals surface area contributed by atoms with Crippen molar-refractivity contribution in [3.05, 3.63) is 77.5 Å². The van der Waals surface area contributed by atoms with Gasteiger partial charge in [-0.2, -0.15) is 0 Å². The molecule has 3 nitrogen and oxygen atoms in total. The average molecular weight is 275 g/mol. The summed E-state index contributed by atoms with van der Waals surface area (Å²) >= 11 is 0. The van der Waals surface area contributed by atoms with Crippen molar-refractivity contribution in [1.82, 2.24) is 9.97 Å². The van der Waals surface area contributed by atoms with E-state index < -0.39 is 0 Å². The lowest BCUT2D eigenvalue weighted by Gasteiger charge is -2.02. The maximum absolute atomic E-state index is 4.64. The Hall–Kier alpha value is -2.55. The minimum atomic E-state index is 0.779. The fourth-order valence-corrected chi connectivity index (χ4v) is 2.19. The van der Waals surface area contributed by atoms with Gasteiger partial charge in [-0.05, 0) is 19.4 Å². The second-order valence-corrected chi connectivity index (χ2v) is 5.15. The van der Waals surface area contributed by atoms with Crippen LogP contribution in [0.5, 0.6) is 0 Å². The minimum Gasteiger partial charge on any atom is -0.260 e. The molecule has 3 rings (SSSR count). The van der Waals surface area contributed by atoms with Gasteiger partial charge in [0.2, 0.25) is 0 Å². The molecule has 0 amide bonds. The molecular formula is C18H17N3. The van der Waals surface area contributed by atoms with E-state index in [1.54, 1.807) is 0 Å². The van der Waals surface area contributed by atoms with E-state index in [1.165, 1.54) is 11.1 Å². The van der Waals surface area contributed by atoms with Gasteiger partial charge in [0.05, 0.1) is 5.71 Å². The van der Waals surface area contributed by atoms with Crippen LogP contribution in [0.4, 0.5) is 0 Å². The maximum Gasteiger partial charge on any atom is 0.125 e. The van der Waals surface area contributed by atoms with Crippen molar-refractivity contribution in [3.8, 4) is 0 Å². The first-order chi connectivity index (χ1) is 10.2. The Kier molecular flexibility index (Phi) is 3.73. The SMILES string of the molecule is Cc1ccc(C2=NC=C(c3cnc(C)nc3)C=CC2)cc1. The molecule has 0 fully saturated rings. The van der Waals surface area contributed by atoms with Crippen LogP contribution in [0, 0.1) is 13.8 Å². The summed E-state index contributed by atoms with van der Waals surface area (Å²) in [7, 11) is 0. The summed E-state index contributed by atoms with van der Waals surface area (Å²) in [5.41, 5.74) is 5.54. The summed E-state index contributed by atoms with van der Waals surface area (Å²) in [5, 5.41) is 0. The summed E-state index contributed by atoms with van der Waals surface area (Å²) in [6.07, 6.45) is 10.6. The van der Waals surface area contributed by atoms with Crippen LogP contribution in [0.25, 0.3) is 5.57 Å². The Bertz CT molecular complexity index is 720. The van der Waals surface area contributed by atoms with Crippen LogP contribution >= 0.6 is 0 Å². The average Bonchev–Trinajstić information content (AvgIpc) is 2.75. The Morgan fingerprint density at radius 2 is 1.62 bits per heavy atom. The Morgan fingerprint density at radius 3 is 2.33 bits per heavy atom. The van der Waals surface area contributed by atoms with E-state index in [2.05, 4.69) is 58.3 Å². The maximum atomic E-state index is 4.64. The van der Waals surface area contributed by atoms with E-state index in [1.807, 2.05) is 25.5 Å². The lowest BCUT2D eigenvalue weighted by atomic mass is 10.1. The Labute approximate surface area is 124 Å².